The Kier molecular flexibility index (Phi) is 5.51. The Labute approximate surface area is 108 Å². The van der Waals surface area contributed by atoms with Crippen molar-refractivity contribution in [2.75, 3.05) is 53.9 Å². The Hall–Kier alpha value is -0.700. The minimum Gasteiger partial charge on any atom is -0.469 e. The zero-order valence-electron chi connectivity index (χ0n) is 11.1. The van der Waals surface area contributed by atoms with E-state index >= 15 is 0 Å². The molecule has 1 rings (SSSR count). The standard InChI is InChI=1S/C10H21N3O4S/c1-11-6-8-13(9-7-11)18(15,16)12(2)5-4-10(14)17-3/h4-9H2,1-3H3. The Bertz CT molecular complexity index is 377. The second kappa shape index (κ2) is 6.46. The number of ether oxygens (including phenoxy) is 1. The highest BCUT2D eigenvalue weighted by Crippen LogP contribution is 2.10. The molecule has 1 aliphatic rings. The Morgan fingerprint density at radius 3 is 2.33 bits per heavy atom. The molecule has 0 spiro atoms. The summed E-state index contributed by atoms with van der Waals surface area (Å²) in [6.45, 7) is 2.57. The third kappa shape index (κ3) is 3.91. The number of rotatable bonds is 5. The van der Waals surface area contributed by atoms with Gasteiger partial charge in [-0.15, -0.1) is 0 Å². The monoisotopic (exact) mass is 279 g/mol. The molecular weight excluding hydrogens is 258 g/mol. The summed E-state index contributed by atoms with van der Waals surface area (Å²) in [5.74, 6) is -0.407. The molecule has 106 valence electrons. The molecule has 1 aliphatic heterocycles. The van der Waals surface area contributed by atoms with Gasteiger partial charge in [-0.3, -0.25) is 4.79 Å². The zero-order valence-corrected chi connectivity index (χ0v) is 11.9. The number of likely N-dealkylation sites (N-methyl/N-ethyl adjacent to an activating group) is 1. The zero-order chi connectivity index (χ0) is 13.8. The van der Waals surface area contributed by atoms with Crippen LogP contribution in [0.4, 0.5) is 0 Å². The van der Waals surface area contributed by atoms with E-state index in [1.54, 1.807) is 0 Å². The quantitative estimate of drug-likeness (QED) is 0.602. The Balaban J connectivity index is 2.54. The lowest BCUT2D eigenvalue weighted by atomic mass is 10.4. The molecule has 0 radical (unpaired) electrons. The maximum atomic E-state index is 12.2. The Morgan fingerprint density at radius 1 is 1.28 bits per heavy atom. The van der Waals surface area contributed by atoms with Gasteiger partial charge in [0.05, 0.1) is 13.5 Å². The van der Waals surface area contributed by atoms with Gasteiger partial charge in [0.1, 0.15) is 0 Å². The number of hydrogen-bond donors (Lipinski definition) is 0. The fourth-order valence-corrected chi connectivity index (χ4v) is 3.02. The molecule has 0 aliphatic carbocycles. The van der Waals surface area contributed by atoms with Crippen molar-refractivity contribution in [1.29, 1.82) is 0 Å². The van der Waals surface area contributed by atoms with Crippen LogP contribution in [0.1, 0.15) is 6.42 Å². The van der Waals surface area contributed by atoms with Crippen LogP contribution in [0.3, 0.4) is 0 Å². The first-order chi connectivity index (χ1) is 8.37. The maximum absolute atomic E-state index is 12.2. The van der Waals surface area contributed by atoms with Gasteiger partial charge in [0.15, 0.2) is 0 Å². The van der Waals surface area contributed by atoms with Crippen LogP contribution in [0.15, 0.2) is 0 Å². The van der Waals surface area contributed by atoms with E-state index in [0.717, 1.165) is 13.1 Å². The number of carbonyl (C=O) groups is 1. The molecule has 0 aromatic carbocycles. The number of esters is 1. The number of hydrogen-bond acceptors (Lipinski definition) is 5. The second-order valence-corrected chi connectivity index (χ2v) is 6.39. The number of nitrogens with zero attached hydrogens (tertiary/aromatic N) is 3. The summed E-state index contributed by atoms with van der Waals surface area (Å²) in [7, 11) is 1.28. The molecule has 0 bridgehead atoms. The molecule has 0 atom stereocenters. The predicted octanol–water partition coefficient (Wildman–Crippen LogP) is -1.03. The van der Waals surface area contributed by atoms with E-state index in [4.69, 9.17) is 0 Å². The van der Waals surface area contributed by atoms with Crippen LogP contribution in [0, 0.1) is 0 Å². The van der Waals surface area contributed by atoms with Crippen molar-refractivity contribution < 1.29 is 17.9 Å². The molecule has 1 saturated heterocycles. The summed E-state index contributed by atoms with van der Waals surface area (Å²) < 4.78 is 31.5. The fraction of sp³-hybridized carbons (Fsp3) is 0.900. The van der Waals surface area contributed by atoms with Crippen molar-refractivity contribution in [1.82, 2.24) is 13.5 Å². The molecule has 0 N–H and O–H groups in total. The molecular formula is C10H21N3O4S. The van der Waals surface area contributed by atoms with Crippen LogP contribution in [0.25, 0.3) is 0 Å². The summed E-state index contributed by atoms with van der Waals surface area (Å²) in [6.07, 6.45) is 0.0694. The second-order valence-electron chi connectivity index (χ2n) is 4.36. The van der Waals surface area contributed by atoms with Crippen LogP contribution in [0.2, 0.25) is 0 Å². The smallest absolute Gasteiger partial charge is 0.306 e. The van der Waals surface area contributed by atoms with Gasteiger partial charge in [-0.1, -0.05) is 0 Å². The molecule has 1 heterocycles. The van der Waals surface area contributed by atoms with Gasteiger partial charge < -0.3 is 9.64 Å². The van der Waals surface area contributed by atoms with E-state index in [0.29, 0.717) is 13.1 Å². The predicted molar refractivity (Wildman–Crippen MR) is 67.3 cm³/mol. The Morgan fingerprint density at radius 2 is 1.83 bits per heavy atom. The first-order valence-corrected chi connectivity index (χ1v) is 7.24. The van der Waals surface area contributed by atoms with Gasteiger partial charge in [0.2, 0.25) is 0 Å². The average Bonchev–Trinajstić information content (AvgIpc) is 2.35. The van der Waals surface area contributed by atoms with E-state index in [2.05, 4.69) is 9.64 Å². The van der Waals surface area contributed by atoms with Crippen molar-refractivity contribution in [3.8, 4) is 0 Å². The summed E-state index contributed by atoms with van der Waals surface area (Å²) in [5, 5.41) is 0. The first kappa shape index (κ1) is 15.4. The highest BCUT2D eigenvalue weighted by molar-refractivity contribution is 7.86. The molecule has 8 heteroatoms. The summed E-state index contributed by atoms with van der Waals surface area (Å²) >= 11 is 0. The van der Waals surface area contributed by atoms with Crippen LogP contribution < -0.4 is 0 Å². The van der Waals surface area contributed by atoms with Crippen molar-refractivity contribution in [3.63, 3.8) is 0 Å². The first-order valence-electron chi connectivity index (χ1n) is 5.84. The molecule has 0 aromatic heterocycles. The fourth-order valence-electron chi connectivity index (χ4n) is 1.68. The average molecular weight is 279 g/mol. The van der Waals surface area contributed by atoms with Gasteiger partial charge >= 0.3 is 5.97 Å². The van der Waals surface area contributed by atoms with Crippen molar-refractivity contribution in [2.24, 2.45) is 0 Å². The minimum absolute atomic E-state index is 0.0694. The summed E-state index contributed by atoms with van der Waals surface area (Å²) in [4.78, 5) is 13.1. The van der Waals surface area contributed by atoms with Crippen LogP contribution >= 0.6 is 0 Å². The summed E-state index contributed by atoms with van der Waals surface area (Å²) in [5.41, 5.74) is 0. The molecule has 0 amide bonds. The lowest BCUT2D eigenvalue weighted by molar-refractivity contribution is -0.140. The van der Waals surface area contributed by atoms with Gasteiger partial charge in [-0.25, -0.2) is 0 Å². The van der Waals surface area contributed by atoms with Crippen molar-refractivity contribution in [3.05, 3.63) is 0 Å². The van der Waals surface area contributed by atoms with E-state index in [-0.39, 0.29) is 13.0 Å². The number of methoxy groups -OCH3 is 1. The van der Waals surface area contributed by atoms with Crippen molar-refractivity contribution in [2.45, 2.75) is 6.42 Å². The van der Waals surface area contributed by atoms with Crippen LogP contribution in [0.5, 0.6) is 0 Å². The summed E-state index contributed by atoms with van der Waals surface area (Å²) in [6, 6.07) is 0. The third-order valence-electron chi connectivity index (χ3n) is 3.04. The minimum atomic E-state index is -3.46. The lowest BCUT2D eigenvalue weighted by Gasteiger charge is -2.33. The van der Waals surface area contributed by atoms with Crippen LogP contribution in [-0.2, 0) is 19.7 Å². The SMILES string of the molecule is COC(=O)CCN(C)S(=O)(=O)N1CCN(C)CC1. The molecule has 0 unspecified atom stereocenters. The van der Waals surface area contributed by atoms with Crippen molar-refractivity contribution >= 4 is 16.2 Å². The number of carbonyl (C=O) groups excluding carboxylic acids is 1. The third-order valence-corrected chi connectivity index (χ3v) is 5.03. The molecule has 0 aromatic rings. The lowest BCUT2D eigenvalue weighted by Crippen LogP contribution is -2.51. The maximum Gasteiger partial charge on any atom is 0.306 e. The number of piperazine rings is 1. The van der Waals surface area contributed by atoms with E-state index in [9.17, 15) is 13.2 Å². The van der Waals surface area contributed by atoms with Gasteiger partial charge in [-0.2, -0.15) is 17.0 Å². The van der Waals surface area contributed by atoms with Gasteiger partial charge in [0.25, 0.3) is 10.2 Å². The van der Waals surface area contributed by atoms with Gasteiger partial charge in [-0.05, 0) is 7.05 Å². The van der Waals surface area contributed by atoms with E-state index in [1.807, 2.05) is 7.05 Å². The van der Waals surface area contributed by atoms with E-state index in [1.165, 1.54) is 22.8 Å². The normalized spacial score (nSPS) is 19.1. The largest absolute Gasteiger partial charge is 0.469 e. The highest BCUT2D eigenvalue weighted by Gasteiger charge is 2.29. The van der Waals surface area contributed by atoms with E-state index < -0.39 is 16.2 Å². The molecule has 0 saturated carbocycles. The van der Waals surface area contributed by atoms with Crippen LogP contribution in [-0.4, -0.2) is 81.8 Å². The van der Waals surface area contributed by atoms with Gasteiger partial charge in [0, 0.05) is 39.8 Å². The topological polar surface area (TPSA) is 70.2 Å². The molecule has 1 fully saturated rings. The highest BCUT2D eigenvalue weighted by atomic mass is 32.2. The molecule has 7 nitrogen and oxygen atoms in total. The molecule has 18 heavy (non-hydrogen) atoms.